The Morgan fingerprint density at radius 1 is 0.757 bits per heavy atom. The average molecular weight is 494 g/mol. The Hall–Kier alpha value is -4.39. The summed E-state index contributed by atoms with van der Waals surface area (Å²) in [5.41, 5.74) is 6.02. The predicted molar refractivity (Wildman–Crippen MR) is 148 cm³/mol. The minimum Gasteiger partial charge on any atom is -0.368 e. The van der Waals surface area contributed by atoms with Gasteiger partial charge in [-0.1, -0.05) is 18.2 Å². The first-order valence-corrected chi connectivity index (χ1v) is 12.5. The normalized spacial score (nSPS) is 13.5. The van der Waals surface area contributed by atoms with Crippen LogP contribution in [0.1, 0.15) is 27.4 Å². The van der Waals surface area contributed by atoms with E-state index in [0.29, 0.717) is 11.4 Å². The first-order valence-electron chi connectivity index (χ1n) is 12.5. The second-order valence-electron chi connectivity index (χ2n) is 9.48. The van der Waals surface area contributed by atoms with E-state index in [0.717, 1.165) is 54.8 Å². The van der Waals surface area contributed by atoms with E-state index < -0.39 is 11.7 Å². The largest absolute Gasteiger partial charge is 0.368 e. The summed E-state index contributed by atoms with van der Waals surface area (Å²) < 4.78 is 1.80. The van der Waals surface area contributed by atoms with Gasteiger partial charge in [0.05, 0.1) is 5.69 Å². The fraction of sp³-hybridized carbons (Fsp3) is 0.233. The van der Waals surface area contributed by atoms with Crippen molar-refractivity contribution in [2.45, 2.75) is 20.8 Å². The Balaban J connectivity index is 1.22. The van der Waals surface area contributed by atoms with Crippen molar-refractivity contribution in [3.63, 3.8) is 0 Å². The topological polar surface area (TPSA) is 70.5 Å². The maximum absolute atomic E-state index is 13.0. The van der Waals surface area contributed by atoms with Crippen LogP contribution in [0.4, 0.5) is 17.2 Å². The number of carbonyl (C=O) groups is 2. The molecule has 7 heteroatoms. The first kappa shape index (κ1) is 24.3. The van der Waals surface area contributed by atoms with Crippen LogP contribution in [0, 0.1) is 20.8 Å². The number of hydrogen-bond donors (Lipinski definition) is 1. The van der Waals surface area contributed by atoms with Crippen LogP contribution in [0.3, 0.4) is 0 Å². The van der Waals surface area contributed by atoms with Crippen LogP contribution in [-0.4, -0.2) is 47.4 Å². The summed E-state index contributed by atoms with van der Waals surface area (Å²) in [6.07, 6.45) is 0. The third kappa shape index (κ3) is 5.26. The summed E-state index contributed by atoms with van der Waals surface area (Å²) in [7, 11) is 0. The smallest absolute Gasteiger partial charge is 0.298 e. The zero-order valence-corrected chi connectivity index (χ0v) is 21.4. The van der Waals surface area contributed by atoms with Gasteiger partial charge in [0.2, 0.25) is 0 Å². The highest BCUT2D eigenvalue weighted by Gasteiger charge is 2.23. The number of hydrogen-bond acceptors (Lipinski definition) is 5. The molecule has 0 spiro atoms. The van der Waals surface area contributed by atoms with Crippen molar-refractivity contribution in [3.8, 4) is 5.69 Å². The van der Waals surface area contributed by atoms with Crippen molar-refractivity contribution in [2.75, 3.05) is 41.3 Å². The highest BCUT2D eigenvalue weighted by Crippen LogP contribution is 2.23. The molecule has 2 aromatic heterocycles. The molecule has 1 aliphatic rings. The molecule has 1 saturated heterocycles. The van der Waals surface area contributed by atoms with Gasteiger partial charge in [0.15, 0.2) is 0 Å². The van der Waals surface area contributed by atoms with Crippen molar-refractivity contribution in [1.82, 2.24) is 9.55 Å². The number of nitrogens with zero attached hydrogens (tertiary/aromatic N) is 4. The molecule has 1 aliphatic heterocycles. The SMILES string of the molecule is Cc1cc(C)nc(N2CCN(c3ccc(NC(=O)C(=O)c4ccc(C)n4-c4ccccc4)cc3)CC2)c1. The summed E-state index contributed by atoms with van der Waals surface area (Å²) in [6, 6.07) is 25.0. The Morgan fingerprint density at radius 3 is 2.11 bits per heavy atom. The molecular weight excluding hydrogens is 462 g/mol. The Labute approximate surface area is 217 Å². The number of Topliss-reactive ketones (excluding diaryl/α,β-unsaturated/α-hetero) is 1. The van der Waals surface area contributed by atoms with Crippen LogP contribution in [0.2, 0.25) is 0 Å². The van der Waals surface area contributed by atoms with E-state index in [-0.39, 0.29) is 0 Å². The lowest BCUT2D eigenvalue weighted by atomic mass is 10.2. The molecule has 1 amide bonds. The van der Waals surface area contributed by atoms with Gasteiger partial charge in [-0.05, 0) is 87.0 Å². The van der Waals surface area contributed by atoms with Crippen molar-refractivity contribution in [1.29, 1.82) is 0 Å². The Morgan fingerprint density at radius 2 is 1.43 bits per heavy atom. The van der Waals surface area contributed by atoms with Gasteiger partial charge < -0.3 is 19.7 Å². The zero-order valence-electron chi connectivity index (χ0n) is 21.4. The summed E-state index contributed by atoms with van der Waals surface area (Å²) in [4.78, 5) is 35.2. The van der Waals surface area contributed by atoms with E-state index in [9.17, 15) is 9.59 Å². The van der Waals surface area contributed by atoms with E-state index in [2.05, 4.69) is 34.2 Å². The second kappa shape index (κ2) is 10.3. The number of aryl methyl sites for hydroxylation is 3. The van der Waals surface area contributed by atoms with Gasteiger partial charge in [-0.3, -0.25) is 9.59 Å². The number of rotatable bonds is 6. The lowest BCUT2D eigenvalue weighted by Crippen LogP contribution is -2.46. The number of aromatic nitrogens is 2. The molecule has 4 aromatic rings. The third-order valence-electron chi connectivity index (χ3n) is 6.71. The number of anilines is 3. The number of piperazine rings is 1. The highest BCUT2D eigenvalue weighted by atomic mass is 16.2. The molecule has 0 aliphatic carbocycles. The van der Waals surface area contributed by atoms with Crippen LogP contribution in [0.5, 0.6) is 0 Å². The van der Waals surface area contributed by atoms with Crippen LogP contribution < -0.4 is 15.1 Å². The molecule has 1 N–H and O–H groups in total. The second-order valence-corrected chi connectivity index (χ2v) is 9.48. The van der Waals surface area contributed by atoms with Crippen LogP contribution in [0.15, 0.2) is 78.9 Å². The molecule has 5 rings (SSSR count). The van der Waals surface area contributed by atoms with Gasteiger partial charge in [-0.25, -0.2) is 4.98 Å². The average Bonchev–Trinajstić information content (AvgIpc) is 3.30. The number of amides is 1. The zero-order chi connectivity index (χ0) is 25.9. The van der Waals surface area contributed by atoms with E-state index in [4.69, 9.17) is 4.98 Å². The summed E-state index contributed by atoms with van der Waals surface area (Å²) in [5, 5.41) is 2.76. The third-order valence-corrected chi connectivity index (χ3v) is 6.71. The number of ketones is 1. The molecular formula is C30H31N5O2. The number of carbonyl (C=O) groups excluding carboxylic acids is 2. The number of pyridine rings is 1. The molecule has 7 nitrogen and oxygen atoms in total. The van der Waals surface area contributed by atoms with Crippen LogP contribution >= 0.6 is 0 Å². The monoisotopic (exact) mass is 493 g/mol. The summed E-state index contributed by atoms with van der Waals surface area (Å²) in [5.74, 6) is -0.191. The van der Waals surface area contributed by atoms with E-state index in [1.165, 1.54) is 5.56 Å². The molecule has 0 atom stereocenters. The minimum absolute atomic E-state index is 0.342. The van der Waals surface area contributed by atoms with Gasteiger partial charge in [-0.15, -0.1) is 0 Å². The van der Waals surface area contributed by atoms with E-state index in [1.807, 2.05) is 74.5 Å². The molecule has 0 bridgehead atoms. The number of para-hydroxylation sites is 1. The van der Waals surface area contributed by atoms with Gasteiger partial charge in [0, 0.05) is 54.6 Å². The van der Waals surface area contributed by atoms with Crippen LogP contribution in [-0.2, 0) is 4.79 Å². The lowest BCUT2D eigenvalue weighted by molar-refractivity contribution is -0.112. The predicted octanol–water partition coefficient (Wildman–Crippen LogP) is 4.95. The molecule has 1 fully saturated rings. The fourth-order valence-electron chi connectivity index (χ4n) is 4.87. The molecule has 0 unspecified atom stereocenters. The lowest BCUT2D eigenvalue weighted by Gasteiger charge is -2.37. The van der Waals surface area contributed by atoms with Crippen molar-refractivity contribution >= 4 is 28.9 Å². The van der Waals surface area contributed by atoms with Crippen molar-refractivity contribution < 1.29 is 9.59 Å². The molecule has 0 saturated carbocycles. The van der Waals surface area contributed by atoms with Crippen LogP contribution in [0.25, 0.3) is 5.69 Å². The van der Waals surface area contributed by atoms with Crippen molar-refractivity contribution in [3.05, 3.63) is 102 Å². The minimum atomic E-state index is -0.655. The molecule has 2 aromatic carbocycles. The van der Waals surface area contributed by atoms with Gasteiger partial charge in [0.1, 0.15) is 5.82 Å². The van der Waals surface area contributed by atoms with Gasteiger partial charge in [0.25, 0.3) is 11.7 Å². The highest BCUT2D eigenvalue weighted by molar-refractivity contribution is 6.46. The Bertz CT molecular complexity index is 1400. The summed E-state index contributed by atoms with van der Waals surface area (Å²) in [6.45, 7) is 9.60. The first-order chi connectivity index (χ1) is 17.9. The van der Waals surface area contributed by atoms with Crippen molar-refractivity contribution in [2.24, 2.45) is 0 Å². The van der Waals surface area contributed by atoms with E-state index in [1.54, 1.807) is 10.6 Å². The fourth-order valence-corrected chi connectivity index (χ4v) is 4.87. The number of nitrogens with one attached hydrogen (secondary N) is 1. The standard InChI is InChI=1S/C30H31N5O2/c1-21-19-22(2)31-28(20-21)34-17-15-33(16-18-34)25-12-10-24(11-13-25)32-30(37)29(36)27-14-9-23(3)35(27)26-7-5-4-6-8-26/h4-14,19-20H,15-18H2,1-3H3,(H,32,37). The van der Waals surface area contributed by atoms with E-state index >= 15 is 0 Å². The van der Waals surface area contributed by atoms with Gasteiger partial charge in [-0.2, -0.15) is 0 Å². The molecule has 3 heterocycles. The maximum atomic E-state index is 13.0. The molecule has 37 heavy (non-hydrogen) atoms. The summed E-state index contributed by atoms with van der Waals surface area (Å²) >= 11 is 0. The number of benzene rings is 2. The quantitative estimate of drug-likeness (QED) is 0.304. The maximum Gasteiger partial charge on any atom is 0.298 e. The Kier molecular flexibility index (Phi) is 6.77. The van der Waals surface area contributed by atoms with Gasteiger partial charge >= 0.3 is 0 Å². The molecule has 188 valence electrons. The molecule has 0 radical (unpaired) electrons.